The zero-order valence-electron chi connectivity index (χ0n) is 9.11. The van der Waals surface area contributed by atoms with Gasteiger partial charge in [0.2, 0.25) is 0 Å². The molecule has 3 heteroatoms. The van der Waals surface area contributed by atoms with Crippen LogP contribution in [-0.2, 0) is 5.41 Å². The van der Waals surface area contributed by atoms with E-state index in [9.17, 15) is 0 Å². The van der Waals surface area contributed by atoms with Crippen molar-refractivity contribution in [2.24, 2.45) is 5.84 Å². The Morgan fingerprint density at radius 2 is 1.86 bits per heavy atom. The number of hydrogen-bond donors (Lipinski definition) is 2. The largest absolute Gasteiger partial charge is 0.324 e. The first kappa shape index (κ1) is 11.8. The van der Waals surface area contributed by atoms with E-state index < -0.39 is 0 Å². The Kier molecular flexibility index (Phi) is 3.42. The highest BCUT2D eigenvalue weighted by Gasteiger charge is 2.18. The van der Waals surface area contributed by atoms with Crippen LogP contribution in [0.4, 0.5) is 5.69 Å². The number of halogens is 1. The smallest absolute Gasteiger partial charge is 0.0525 e. The van der Waals surface area contributed by atoms with Gasteiger partial charge < -0.3 is 5.43 Å². The summed E-state index contributed by atoms with van der Waals surface area (Å²) in [5.74, 6) is 5.51. The lowest BCUT2D eigenvalue weighted by atomic mass is 9.85. The van der Waals surface area contributed by atoms with E-state index in [1.54, 1.807) is 0 Å². The Hall–Kier alpha value is -0.290. The van der Waals surface area contributed by atoms with E-state index in [1.807, 2.05) is 0 Å². The lowest BCUT2D eigenvalue weighted by Gasteiger charge is -2.23. The zero-order valence-corrected chi connectivity index (χ0v) is 11.3. The van der Waals surface area contributed by atoms with Crippen molar-refractivity contribution in [1.82, 2.24) is 0 Å². The van der Waals surface area contributed by atoms with Crippen molar-refractivity contribution in [2.45, 2.75) is 33.1 Å². The topological polar surface area (TPSA) is 38.0 Å². The van der Waals surface area contributed by atoms with E-state index in [-0.39, 0.29) is 5.41 Å². The Morgan fingerprint density at radius 3 is 2.29 bits per heavy atom. The third kappa shape index (κ3) is 2.39. The molecule has 0 saturated carbocycles. The van der Waals surface area contributed by atoms with Gasteiger partial charge in [-0.05, 0) is 58.2 Å². The van der Waals surface area contributed by atoms with Crippen LogP contribution in [-0.4, -0.2) is 0 Å². The van der Waals surface area contributed by atoms with Crippen molar-refractivity contribution in [2.75, 3.05) is 5.43 Å². The second-order valence-electron chi connectivity index (χ2n) is 4.54. The molecule has 0 radical (unpaired) electrons. The molecule has 0 heterocycles. The highest BCUT2D eigenvalue weighted by atomic mass is 127. The third-order valence-corrected chi connectivity index (χ3v) is 3.42. The maximum atomic E-state index is 5.51. The molecule has 1 aromatic carbocycles. The van der Waals surface area contributed by atoms with Gasteiger partial charge >= 0.3 is 0 Å². The number of benzene rings is 1. The van der Waals surface area contributed by atoms with Gasteiger partial charge in [0, 0.05) is 3.57 Å². The van der Waals surface area contributed by atoms with Gasteiger partial charge in [0.05, 0.1) is 5.69 Å². The molecular weight excluding hydrogens is 287 g/mol. The van der Waals surface area contributed by atoms with Gasteiger partial charge in [-0.1, -0.05) is 20.8 Å². The summed E-state index contributed by atoms with van der Waals surface area (Å²) in [5.41, 5.74) is 6.43. The summed E-state index contributed by atoms with van der Waals surface area (Å²) < 4.78 is 1.28. The zero-order chi connectivity index (χ0) is 10.9. The Labute approximate surface area is 99.4 Å². The van der Waals surface area contributed by atoms with E-state index >= 15 is 0 Å². The maximum Gasteiger partial charge on any atom is 0.0525 e. The highest BCUT2D eigenvalue weighted by molar-refractivity contribution is 14.1. The molecule has 0 aromatic heterocycles. The fourth-order valence-corrected chi connectivity index (χ4v) is 1.89. The quantitative estimate of drug-likeness (QED) is 0.475. The summed E-state index contributed by atoms with van der Waals surface area (Å²) in [6, 6.07) is 4.30. The van der Waals surface area contributed by atoms with Crippen LogP contribution >= 0.6 is 22.6 Å². The van der Waals surface area contributed by atoms with Gasteiger partial charge in [-0.15, -0.1) is 0 Å². The first-order valence-corrected chi connectivity index (χ1v) is 5.71. The molecule has 3 N–H and O–H groups in total. The van der Waals surface area contributed by atoms with E-state index in [1.165, 1.54) is 14.7 Å². The second-order valence-corrected chi connectivity index (χ2v) is 5.70. The molecular formula is C11H17IN2. The number of anilines is 1. The average molecular weight is 304 g/mol. The number of nitrogen functional groups attached to an aromatic ring is 1. The number of aryl methyl sites for hydroxylation is 1. The lowest BCUT2D eigenvalue weighted by molar-refractivity contribution is 0.591. The molecule has 0 fully saturated rings. The number of rotatable bonds is 1. The van der Waals surface area contributed by atoms with Crippen molar-refractivity contribution in [3.8, 4) is 0 Å². The van der Waals surface area contributed by atoms with Crippen LogP contribution in [0.3, 0.4) is 0 Å². The van der Waals surface area contributed by atoms with Gasteiger partial charge in [-0.2, -0.15) is 0 Å². The fraction of sp³-hybridized carbons (Fsp3) is 0.455. The molecule has 0 atom stereocenters. The molecule has 0 unspecified atom stereocenters. The molecule has 0 amide bonds. The SMILES string of the molecule is Cc1cc(NN)c(C(C)(C)C)cc1I. The maximum absolute atomic E-state index is 5.51. The molecule has 78 valence electrons. The van der Waals surface area contributed by atoms with Gasteiger partial charge in [-0.25, -0.2) is 0 Å². The van der Waals surface area contributed by atoms with Crippen molar-refractivity contribution < 1.29 is 0 Å². The normalized spacial score (nSPS) is 11.6. The minimum Gasteiger partial charge on any atom is -0.324 e. The molecule has 2 nitrogen and oxygen atoms in total. The van der Waals surface area contributed by atoms with Crippen LogP contribution in [0.25, 0.3) is 0 Å². The number of hydrazine groups is 1. The number of hydrogen-bond acceptors (Lipinski definition) is 2. The van der Waals surface area contributed by atoms with Gasteiger partial charge in [0.15, 0.2) is 0 Å². The first-order valence-electron chi connectivity index (χ1n) is 4.63. The number of nitrogens with two attached hydrogens (primary N) is 1. The summed E-state index contributed by atoms with van der Waals surface area (Å²) in [7, 11) is 0. The molecule has 1 rings (SSSR count). The summed E-state index contributed by atoms with van der Waals surface area (Å²) in [5, 5.41) is 0. The lowest BCUT2D eigenvalue weighted by Crippen LogP contribution is -2.18. The van der Waals surface area contributed by atoms with Crippen LogP contribution < -0.4 is 11.3 Å². The Bertz CT molecular complexity index is 340. The van der Waals surface area contributed by atoms with Crippen molar-refractivity contribution >= 4 is 28.3 Å². The van der Waals surface area contributed by atoms with Gasteiger partial charge in [-0.3, -0.25) is 5.84 Å². The minimum atomic E-state index is 0.120. The van der Waals surface area contributed by atoms with E-state index in [0.717, 1.165) is 5.69 Å². The molecule has 0 bridgehead atoms. The Morgan fingerprint density at radius 1 is 1.29 bits per heavy atom. The minimum absolute atomic E-state index is 0.120. The first-order chi connectivity index (χ1) is 6.36. The predicted octanol–water partition coefficient (Wildman–Crippen LogP) is 3.18. The fourth-order valence-electron chi connectivity index (χ4n) is 1.42. The van der Waals surface area contributed by atoms with Gasteiger partial charge in [0.1, 0.15) is 0 Å². The monoisotopic (exact) mass is 304 g/mol. The molecule has 0 saturated heterocycles. The summed E-state index contributed by atoms with van der Waals surface area (Å²) in [6.45, 7) is 8.66. The van der Waals surface area contributed by atoms with Crippen LogP contribution in [0, 0.1) is 10.5 Å². The van der Waals surface area contributed by atoms with Crippen molar-refractivity contribution in [3.63, 3.8) is 0 Å². The third-order valence-electron chi connectivity index (χ3n) is 2.26. The van der Waals surface area contributed by atoms with Crippen LogP contribution in [0.5, 0.6) is 0 Å². The number of nitrogens with one attached hydrogen (secondary N) is 1. The average Bonchev–Trinajstić information content (AvgIpc) is 2.07. The molecule has 14 heavy (non-hydrogen) atoms. The molecule has 1 aromatic rings. The summed E-state index contributed by atoms with van der Waals surface area (Å²) in [6.07, 6.45) is 0. The summed E-state index contributed by atoms with van der Waals surface area (Å²) in [4.78, 5) is 0. The molecule has 0 aliphatic heterocycles. The standard InChI is InChI=1S/C11H17IN2/c1-7-5-10(14-13)8(6-9(7)12)11(2,3)4/h5-6,14H,13H2,1-4H3. The van der Waals surface area contributed by atoms with E-state index in [4.69, 9.17) is 5.84 Å². The predicted molar refractivity (Wildman–Crippen MR) is 70.4 cm³/mol. The van der Waals surface area contributed by atoms with E-state index in [0.29, 0.717) is 0 Å². The molecule has 0 aliphatic rings. The Balaban J connectivity index is 3.35. The second kappa shape index (κ2) is 4.06. The van der Waals surface area contributed by atoms with Crippen LogP contribution in [0.2, 0.25) is 0 Å². The summed E-state index contributed by atoms with van der Waals surface area (Å²) >= 11 is 2.35. The van der Waals surface area contributed by atoms with Crippen molar-refractivity contribution in [3.05, 3.63) is 26.8 Å². The van der Waals surface area contributed by atoms with Gasteiger partial charge in [0.25, 0.3) is 0 Å². The molecule has 0 spiro atoms. The van der Waals surface area contributed by atoms with Crippen LogP contribution in [0.15, 0.2) is 12.1 Å². The van der Waals surface area contributed by atoms with Crippen LogP contribution in [0.1, 0.15) is 31.9 Å². The molecule has 0 aliphatic carbocycles. The van der Waals surface area contributed by atoms with Crippen molar-refractivity contribution in [1.29, 1.82) is 0 Å². The highest BCUT2D eigenvalue weighted by Crippen LogP contribution is 2.31. The van der Waals surface area contributed by atoms with E-state index in [2.05, 4.69) is 67.8 Å².